The molecule has 17 heavy (non-hydrogen) atoms. The second kappa shape index (κ2) is 4.76. The van der Waals surface area contributed by atoms with Gasteiger partial charge in [-0.25, -0.2) is 4.79 Å². The number of carbonyl (C=O) groups is 1. The third-order valence-electron chi connectivity index (χ3n) is 2.82. The second-order valence-corrected chi connectivity index (χ2v) is 3.89. The second-order valence-electron chi connectivity index (χ2n) is 3.89. The van der Waals surface area contributed by atoms with Crippen LogP contribution in [-0.4, -0.2) is 24.2 Å². The van der Waals surface area contributed by atoms with Crippen LogP contribution in [-0.2, 0) is 0 Å². The number of nitrogens with zero attached hydrogens (tertiary/aromatic N) is 4. The van der Waals surface area contributed by atoms with Gasteiger partial charge in [-0.2, -0.15) is 0 Å². The Labute approximate surface area is 98.1 Å². The first-order chi connectivity index (χ1) is 8.22. The minimum Gasteiger partial charge on any atom is -0.478 e. The molecule has 6 nitrogen and oxygen atoms in total. The van der Waals surface area contributed by atoms with Gasteiger partial charge in [0.15, 0.2) is 0 Å². The molecule has 6 heteroatoms. The van der Waals surface area contributed by atoms with E-state index in [9.17, 15) is 4.79 Å². The number of anilines is 1. The van der Waals surface area contributed by atoms with Gasteiger partial charge < -0.3 is 10.0 Å². The summed E-state index contributed by atoms with van der Waals surface area (Å²) in [6, 6.07) is 4.76. The van der Waals surface area contributed by atoms with Gasteiger partial charge in [0.2, 0.25) is 0 Å². The molecule has 1 heterocycles. The molecule has 88 valence electrons. The molecule has 1 aliphatic heterocycles. The fourth-order valence-corrected chi connectivity index (χ4v) is 2.04. The smallest absolute Gasteiger partial charge is 0.337 e. The first-order valence-corrected chi connectivity index (χ1v) is 5.40. The van der Waals surface area contributed by atoms with Gasteiger partial charge in [0, 0.05) is 23.7 Å². The van der Waals surface area contributed by atoms with E-state index in [0.717, 1.165) is 25.9 Å². The highest BCUT2D eigenvalue weighted by Gasteiger charge is 2.19. The molecule has 0 radical (unpaired) electrons. The van der Waals surface area contributed by atoms with Crippen LogP contribution in [0.2, 0.25) is 0 Å². The van der Waals surface area contributed by atoms with E-state index in [1.165, 1.54) is 6.07 Å². The van der Waals surface area contributed by atoms with Crippen molar-refractivity contribution in [2.24, 2.45) is 5.11 Å². The van der Waals surface area contributed by atoms with Crippen LogP contribution in [0.4, 0.5) is 11.4 Å². The van der Waals surface area contributed by atoms with Crippen LogP contribution in [0.5, 0.6) is 0 Å². The molecule has 2 rings (SSSR count). The number of benzene rings is 1. The Balaban J connectivity index is 2.43. The van der Waals surface area contributed by atoms with Crippen molar-refractivity contribution in [3.8, 4) is 0 Å². The number of carboxylic acids is 1. The molecule has 0 unspecified atom stereocenters. The summed E-state index contributed by atoms with van der Waals surface area (Å²) in [5, 5.41) is 12.6. The Bertz CT molecular complexity index is 488. The summed E-state index contributed by atoms with van der Waals surface area (Å²) in [7, 11) is 0. The molecule has 1 aromatic rings. The van der Waals surface area contributed by atoms with Crippen LogP contribution in [0.25, 0.3) is 10.4 Å². The van der Waals surface area contributed by atoms with Gasteiger partial charge in [-0.05, 0) is 30.5 Å². The molecular weight excluding hydrogens is 220 g/mol. The predicted octanol–water partition coefficient (Wildman–Crippen LogP) is 2.93. The molecule has 0 amide bonds. The van der Waals surface area contributed by atoms with Crippen molar-refractivity contribution >= 4 is 17.3 Å². The number of azide groups is 1. The van der Waals surface area contributed by atoms with Crippen LogP contribution in [0.3, 0.4) is 0 Å². The Morgan fingerprint density at radius 1 is 1.41 bits per heavy atom. The zero-order chi connectivity index (χ0) is 12.3. The maximum absolute atomic E-state index is 11.2. The van der Waals surface area contributed by atoms with Crippen LogP contribution < -0.4 is 4.90 Å². The third-order valence-corrected chi connectivity index (χ3v) is 2.82. The first kappa shape index (κ1) is 11.3. The number of carboxylic acid groups (broad SMARTS) is 1. The highest BCUT2D eigenvalue weighted by molar-refractivity contribution is 5.95. The van der Waals surface area contributed by atoms with Gasteiger partial charge in [0.25, 0.3) is 0 Å². The number of aromatic carboxylic acids is 1. The average molecular weight is 232 g/mol. The quantitative estimate of drug-likeness (QED) is 0.493. The standard InChI is InChI=1S/C11H12N4O2/c12-14-13-8-3-4-10(9(7-8)11(16)17)15-5-1-2-6-15/h3-4,7H,1-2,5-6H2,(H,16,17). The van der Waals surface area contributed by atoms with E-state index in [1.54, 1.807) is 12.1 Å². The fourth-order valence-electron chi connectivity index (χ4n) is 2.04. The van der Waals surface area contributed by atoms with E-state index < -0.39 is 5.97 Å². The average Bonchev–Trinajstić information content (AvgIpc) is 2.82. The lowest BCUT2D eigenvalue weighted by Crippen LogP contribution is -2.20. The monoisotopic (exact) mass is 232 g/mol. The van der Waals surface area contributed by atoms with Crippen LogP contribution in [0.15, 0.2) is 23.3 Å². The Kier molecular flexibility index (Phi) is 3.16. The summed E-state index contributed by atoms with van der Waals surface area (Å²) < 4.78 is 0. The number of rotatable bonds is 3. The van der Waals surface area contributed by atoms with Crippen molar-refractivity contribution in [2.75, 3.05) is 18.0 Å². The number of hydrogen-bond acceptors (Lipinski definition) is 3. The molecular formula is C11H12N4O2. The largest absolute Gasteiger partial charge is 0.478 e. The first-order valence-electron chi connectivity index (χ1n) is 5.40. The summed E-state index contributed by atoms with van der Waals surface area (Å²) >= 11 is 0. The van der Waals surface area contributed by atoms with E-state index in [2.05, 4.69) is 10.0 Å². The van der Waals surface area contributed by atoms with Crippen LogP contribution >= 0.6 is 0 Å². The number of hydrogen-bond donors (Lipinski definition) is 1. The van der Waals surface area contributed by atoms with Crippen molar-refractivity contribution in [1.82, 2.24) is 0 Å². The molecule has 1 aromatic carbocycles. The molecule has 1 N–H and O–H groups in total. The lowest BCUT2D eigenvalue weighted by Gasteiger charge is -2.19. The normalized spacial score (nSPS) is 14.5. The van der Waals surface area contributed by atoms with E-state index in [-0.39, 0.29) is 5.56 Å². The molecule has 1 aliphatic rings. The van der Waals surface area contributed by atoms with Crippen molar-refractivity contribution in [2.45, 2.75) is 12.8 Å². The topological polar surface area (TPSA) is 89.3 Å². The molecule has 0 atom stereocenters. The van der Waals surface area contributed by atoms with Crippen molar-refractivity contribution < 1.29 is 9.90 Å². The van der Waals surface area contributed by atoms with Gasteiger partial charge >= 0.3 is 5.97 Å². The molecule has 0 spiro atoms. The van der Waals surface area contributed by atoms with E-state index >= 15 is 0 Å². The summed E-state index contributed by atoms with van der Waals surface area (Å²) in [6.45, 7) is 1.75. The lowest BCUT2D eigenvalue weighted by molar-refractivity contribution is 0.0697. The van der Waals surface area contributed by atoms with E-state index in [0.29, 0.717) is 11.4 Å². The fraction of sp³-hybridized carbons (Fsp3) is 0.364. The summed E-state index contributed by atoms with van der Waals surface area (Å²) in [4.78, 5) is 15.9. The maximum atomic E-state index is 11.2. The molecule has 1 fully saturated rings. The van der Waals surface area contributed by atoms with Gasteiger partial charge in [0.1, 0.15) is 0 Å². The highest BCUT2D eigenvalue weighted by atomic mass is 16.4. The molecule has 0 bridgehead atoms. The van der Waals surface area contributed by atoms with Crippen LogP contribution in [0.1, 0.15) is 23.2 Å². The molecule has 1 saturated heterocycles. The summed E-state index contributed by atoms with van der Waals surface area (Å²) in [5.74, 6) is -0.998. The predicted molar refractivity (Wildman–Crippen MR) is 63.7 cm³/mol. The molecule has 0 aromatic heterocycles. The van der Waals surface area contributed by atoms with E-state index in [1.807, 2.05) is 4.90 Å². The van der Waals surface area contributed by atoms with Gasteiger partial charge in [-0.1, -0.05) is 11.2 Å². The van der Waals surface area contributed by atoms with Crippen LogP contribution in [0, 0.1) is 0 Å². The lowest BCUT2D eigenvalue weighted by atomic mass is 10.1. The van der Waals surface area contributed by atoms with E-state index in [4.69, 9.17) is 10.6 Å². The van der Waals surface area contributed by atoms with Gasteiger partial charge in [-0.15, -0.1) is 0 Å². The van der Waals surface area contributed by atoms with Gasteiger partial charge in [-0.3, -0.25) is 0 Å². The highest BCUT2D eigenvalue weighted by Crippen LogP contribution is 2.28. The minimum atomic E-state index is -0.998. The molecule has 0 saturated carbocycles. The third kappa shape index (κ3) is 2.32. The Morgan fingerprint density at radius 2 is 2.12 bits per heavy atom. The van der Waals surface area contributed by atoms with Crippen molar-refractivity contribution in [3.05, 3.63) is 34.2 Å². The summed E-state index contributed by atoms with van der Waals surface area (Å²) in [6.07, 6.45) is 2.16. The van der Waals surface area contributed by atoms with Gasteiger partial charge in [0.05, 0.1) is 11.3 Å². The van der Waals surface area contributed by atoms with Crippen molar-refractivity contribution in [1.29, 1.82) is 0 Å². The van der Waals surface area contributed by atoms with Crippen molar-refractivity contribution in [3.63, 3.8) is 0 Å². The zero-order valence-electron chi connectivity index (χ0n) is 9.20. The Morgan fingerprint density at radius 3 is 2.71 bits per heavy atom. The SMILES string of the molecule is [N-]=[N+]=Nc1ccc(N2CCCC2)c(C(=O)O)c1. The summed E-state index contributed by atoms with van der Waals surface area (Å²) in [5.41, 5.74) is 9.55. The Hall–Kier alpha value is -2.20. The zero-order valence-corrected chi connectivity index (χ0v) is 9.20. The maximum Gasteiger partial charge on any atom is 0.337 e. The molecule has 0 aliphatic carbocycles. The minimum absolute atomic E-state index is 0.191.